The molecule has 0 heterocycles. The van der Waals surface area contributed by atoms with Gasteiger partial charge in [0, 0.05) is 16.8 Å². The van der Waals surface area contributed by atoms with E-state index in [1.165, 1.54) is 36.4 Å². The number of rotatable bonds is 6. The summed E-state index contributed by atoms with van der Waals surface area (Å²) in [6.45, 7) is 3.52. The number of hydrogen-bond acceptors (Lipinski definition) is 9. The van der Waals surface area contributed by atoms with Crippen molar-refractivity contribution in [2.24, 2.45) is 0 Å². The molecule has 0 amide bonds. The van der Waals surface area contributed by atoms with Gasteiger partial charge in [0.15, 0.2) is 11.6 Å². The molecular formula is C28H22N3NaO7S2. The van der Waals surface area contributed by atoms with Crippen LogP contribution in [0.4, 0.5) is 22.7 Å². The van der Waals surface area contributed by atoms with Crippen LogP contribution in [-0.4, -0.2) is 33.0 Å². The van der Waals surface area contributed by atoms with Crippen molar-refractivity contribution in [3.05, 3.63) is 106 Å². The number of carbonyl (C=O) groups is 2. The van der Waals surface area contributed by atoms with E-state index in [0.717, 1.165) is 11.6 Å². The van der Waals surface area contributed by atoms with Crippen LogP contribution in [0.15, 0.2) is 82.6 Å². The van der Waals surface area contributed by atoms with Crippen molar-refractivity contribution in [2.75, 3.05) is 15.8 Å². The summed E-state index contributed by atoms with van der Waals surface area (Å²) in [4.78, 5) is 26.1. The van der Waals surface area contributed by atoms with Crippen LogP contribution in [0.25, 0.3) is 0 Å². The first-order valence-corrected chi connectivity index (χ1v) is 14.7. The molecule has 10 nitrogen and oxygen atoms in total. The Bertz CT molecular complexity index is 1960. The average Bonchev–Trinajstić information content (AvgIpc) is 2.89. The minimum Gasteiger partial charge on any atom is -0.744 e. The second-order valence-corrected chi connectivity index (χ2v) is 12.3. The van der Waals surface area contributed by atoms with E-state index >= 15 is 0 Å². The molecule has 4 N–H and O–H groups in total. The maximum absolute atomic E-state index is 13.5. The standard InChI is InChI=1S/C28H23N3O7S2.Na/c1-15-7-11-18(12-8-15)39(34,35)31-17-10-9-16(2)21(13-17)30-22-14-23(40(36,37)38)26(29)25-24(22)27(32)19-5-3-4-6-20(19)28(25)33;/h3-14,30-31H,29H2,1-2H3,(H,36,37,38);/q;+1/p-1. The van der Waals surface area contributed by atoms with Crippen molar-refractivity contribution >= 4 is 54.5 Å². The van der Waals surface area contributed by atoms with Gasteiger partial charge in [0.1, 0.15) is 10.1 Å². The van der Waals surface area contributed by atoms with E-state index in [4.69, 9.17) is 5.73 Å². The maximum Gasteiger partial charge on any atom is 1.00 e. The number of aryl methyl sites for hydroxylation is 2. The second kappa shape index (κ2) is 11.0. The SMILES string of the molecule is Cc1ccc(S(=O)(=O)Nc2ccc(C)c(Nc3cc(S(=O)(=O)[O-])c(N)c4c3C(=O)c3ccccc3C4=O)c2)cc1.[Na+]. The largest absolute Gasteiger partial charge is 1.00 e. The van der Waals surface area contributed by atoms with E-state index in [1.807, 2.05) is 6.92 Å². The topological polar surface area (TPSA) is 176 Å². The molecule has 204 valence electrons. The van der Waals surface area contributed by atoms with E-state index in [0.29, 0.717) is 5.56 Å². The number of hydrogen-bond donors (Lipinski definition) is 3. The molecule has 0 aliphatic heterocycles. The Morgan fingerprint density at radius 1 is 0.756 bits per heavy atom. The average molecular weight is 600 g/mol. The van der Waals surface area contributed by atoms with Crippen molar-refractivity contribution in [2.45, 2.75) is 23.6 Å². The monoisotopic (exact) mass is 599 g/mol. The fraction of sp³-hybridized carbons (Fsp3) is 0.0714. The first kappa shape index (κ1) is 30.4. The molecule has 0 saturated heterocycles. The molecule has 4 aromatic carbocycles. The Labute approximate surface area is 259 Å². The van der Waals surface area contributed by atoms with Crippen molar-refractivity contribution in [1.29, 1.82) is 0 Å². The van der Waals surface area contributed by atoms with Gasteiger partial charge in [0.2, 0.25) is 0 Å². The third kappa shape index (κ3) is 5.67. The van der Waals surface area contributed by atoms with Gasteiger partial charge in [0.25, 0.3) is 10.0 Å². The molecule has 0 radical (unpaired) electrons. The number of benzene rings is 4. The predicted octanol–water partition coefficient (Wildman–Crippen LogP) is 1.11. The van der Waals surface area contributed by atoms with Crippen molar-refractivity contribution in [1.82, 2.24) is 0 Å². The van der Waals surface area contributed by atoms with Crippen LogP contribution in [0.3, 0.4) is 0 Å². The maximum atomic E-state index is 13.5. The molecule has 0 aromatic heterocycles. The van der Waals surface area contributed by atoms with Crippen LogP contribution in [0, 0.1) is 13.8 Å². The molecule has 0 unspecified atom stereocenters. The molecule has 4 aromatic rings. The summed E-state index contributed by atoms with van der Waals surface area (Å²) in [6.07, 6.45) is 0. The number of anilines is 4. The van der Waals surface area contributed by atoms with Crippen molar-refractivity contribution in [3.63, 3.8) is 0 Å². The number of nitrogens with two attached hydrogens (primary N) is 1. The second-order valence-electron chi connectivity index (χ2n) is 9.32. The molecule has 0 atom stereocenters. The Morgan fingerprint density at radius 3 is 1.93 bits per heavy atom. The van der Waals surface area contributed by atoms with Gasteiger partial charge in [-0.2, -0.15) is 0 Å². The molecule has 5 rings (SSSR count). The van der Waals surface area contributed by atoms with Gasteiger partial charge in [-0.05, 0) is 49.7 Å². The normalized spacial score (nSPS) is 12.7. The fourth-order valence-corrected chi connectivity index (χ4v) is 6.18. The Kier molecular flexibility index (Phi) is 8.20. The van der Waals surface area contributed by atoms with E-state index in [2.05, 4.69) is 10.0 Å². The van der Waals surface area contributed by atoms with Crippen LogP contribution in [-0.2, 0) is 20.1 Å². The first-order valence-electron chi connectivity index (χ1n) is 11.9. The number of sulfonamides is 1. The molecule has 13 heteroatoms. The number of nitrogens with one attached hydrogen (secondary N) is 2. The van der Waals surface area contributed by atoms with Crippen LogP contribution in [0.1, 0.15) is 43.0 Å². The molecule has 0 spiro atoms. The van der Waals surface area contributed by atoms with Gasteiger partial charge in [0.05, 0.1) is 38.0 Å². The van der Waals surface area contributed by atoms with E-state index in [1.54, 1.807) is 37.3 Å². The third-order valence-electron chi connectivity index (χ3n) is 6.56. The van der Waals surface area contributed by atoms with Crippen molar-refractivity contribution in [3.8, 4) is 0 Å². The summed E-state index contributed by atoms with van der Waals surface area (Å²) in [6, 6.07) is 17.8. The molecule has 0 bridgehead atoms. The Balaban J connectivity index is 0.00000387. The van der Waals surface area contributed by atoms with Crippen LogP contribution >= 0.6 is 0 Å². The summed E-state index contributed by atoms with van der Waals surface area (Å²) >= 11 is 0. The summed E-state index contributed by atoms with van der Waals surface area (Å²) in [5.74, 6) is -1.30. The zero-order valence-corrected chi connectivity index (χ0v) is 25.8. The summed E-state index contributed by atoms with van der Waals surface area (Å²) in [5, 5.41) is 2.93. The summed E-state index contributed by atoms with van der Waals surface area (Å²) < 4.78 is 64.6. The molecule has 0 fully saturated rings. The number of ketones is 2. The molecular weight excluding hydrogens is 577 g/mol. The van der Waals surface area contributed by atoms with Gasteiger partial charge in [-0.25, -0.2) is 16.8 Å². The minimum absolute atomic E-state index is 0. The van der Waals surface area contributed by atoms with Crippen LogP contribution < -0.4 is 45.3 Å². The number of nitrogen functional groups attached to an aromatic ring is 1. The summed E-state index contributed by atoms with van der Waals surface area (Å²) in [7, 11) is -9.09. The predicted molar refractivity (Wildman–Crippen MR) is 149 cm³/mol. The van der Waals surface area contributed by atoms with Gasteiger partial charge in [-0.1, -0.05) is 48.0 Å². The zero-order chi connectivity index (χ0) is 29.0. The zero-order valence-electron chi connectivity index (χ0n) is 22.2. The van der Waals surface area contributed by atoms with Crippen LogP contribution in [0.5, 0.6) is 0 Å². The Morgan fingerprint density at radius 2 is 1.34 bits per heavy atom. The van der Waals surface area contributed by atoms with Gasteiger partial charge in [-0.3, -0.25) is 14.3 Å². The van der Waals surface area contributed by atoms with Crippen LogP contribution in [0.2, 0.25) is 0 Å². The van der Waals surface area contributed by atoms with Crippen molar-refractivity contribution < 1.29 is 60.5 Å². The van der Waals surface area contributed by atoms with Gasteiger partial charge >= 0.3 is 29.6 Å². The third-order valence-corrected chi connectivity index (χ3v) is 8.83. The molecule has 1 aliphatic rings. The smallest absolute Gasteiger partial charge is 0.744 e. The molecule has 1 aliphatic carbocycles. The van der Waals surface area contributed by atoms with Gasteiger partial charge in [-0.15, -0.1) is 0 Å². The van der Waals surface area contributed by atoms with E-state index < -0.39 is 47.9 Å². The number of fused-ring (bicyclic) bond motifs is 2. The first-order chi connectivity index (χ1) is 18.8. The minimum atomic E-state index is -5.15. The van der Waals surface area contributed by atoms with E-state index in [-0.39, 0.29) is 68.2 Å². The van der Waals surface area contributed by atoms with E-state index in [9.17, 15) is 31.0 Å². The molecule has 0 saturated carbocycles. The molecule has 41 heavy (non-hydrogen) atoms. The number of carbonyl (C=O) groups excluding carboxylic acids is 2. The van der Waals surface area contributed by atoms with Gasteiger partial charge < -0.3 is 15.6 Å². The quantitative estimate of drug-likeness (QED) is 0.147. The summed E-state index contributed by atoms with van der Waals surface area (Å²) in [5.41, 5.74) is 6.70. The fourth-order valence-electron chi connectivity index (χ4n) is 4.50. The Hall–Kier alpha value is -3.52.